The van der Waals surface area contributed by atoms with E-state index in [0.717, 1.165) is 0 Å². The summed E-state index contributed by atoms with van der Waals surface area (Å²) in [7, 11) is 6.00. The van der Waals surface area contributed by atoms with Crippen LogP contribution in [0.1, 0.15) is 17.5 Å². The first-order valence-corrected chi connectivity index (χ1v) is 5.05. The molecular weight excluding hydrogens is 170 g/mol. The van der Waals surface area contributed by atoms with Crippen LogP contribution in [0.25, 0.3) is 6.08 Å². The highest BCUT2D eigenvalue weighted by Crippen LogP contribution is 2.17. The number of hydrogen-bond acceptors (Lipinski definition) is 1. The molecular formula is C13H19N. The van der Waals surface area contributed by atoms with Crippen LogP contribution in [0.3, 0.4) is 0 Å². The molecule has 2 rings (SSSR count). The van der Waals surface area contributed by atoms with Gasteiger partial charge in [0.25, 0.3) is 0 Å². The normalized spacial score (nSPS) is 13.1. The summed E-state index contributed by atoms with van der Waals surface area (Å²) < 4.78 is 0. The van der Waals surface area contributed by atoms with E-state index >= 15 is 0 Å². The van der Waals surface area contributed by atoms with Gasteiger partial charge in [-0.1, -0.05) is 36.4 Å². The van der Waals surface area contributed by atoms with Crippen LogP contribution in [0.2, 0.25) is 0 Å². The molecule has 1 aliphatic rings. The van der Waals surface area contributed by atoms with Crippen molar-refractivity contribution < 1.29 is 0 Å². The average Bonchev–Trinajstić information content (AvgIpc) is 2.17. The van der Waals surface area contributed by atoms with E-state index in [1.165, 1.54) is 24.0 Å². The first-order chi connectivity index (χ1) is 6.70. The number of hydrogen-bond donors (Lipinski definition) is 0. The van der Waals surface area contributed by atoms with Crippen molar-refractivity contribution in [1.29, 1.82) is 0 Å². The molecule has 1 nitrogen and oxygen atoms in total. The van der Waals surface area contributed by atoms with Gasteiger partial charge in [-0.3, -0.25) is 0 Å². The molecule has 0 spiro atoms. The van der Waals surface area contributed by atoms with Gasteiger partial charge in [-0.15, -0.1) is 0 Å². The minimum atomic E-state index is 1.21. The molecule has 0 atom stereocenters. The van der Waals surface area contributed by atoms with Crippen molar-refractivity contribution in [3.8, 4) is 0 Å². The standard InChI is InChI=1S/C10H10.C3H9N/c1-2-6-10-8-4-3-7-9(10)5-1;1-4(2)3/h1-3,5-7H,4,8H2;1-3H3. The number of benzene rings is 1. The molecule has 1 aliphatic carbocycles. The highest BCUT2D eigenvalue weighted by molar-refractivity contribution is 5.55. The Morgan fingerprint density at radius 1 is 1.07 bits per heavy atom. The summed E-state index contributed by atoms with van der Waals surface area (Å²) in [5.41, 5.74) is 2.89. The molecule has 0 aromatic heterocycles. The van der Waals surface area contributed by atoms with Gasteiger partial charge in [-0.25, -0.2) is 0 Å². The van der Waals surface area contributed by atoms with E-state index in [1.54, 1.807) is 0 Å². The maximum absolute atomic E-state index is 2.24. The first-order valence-electron chi connectivity index (χ1n) is 5.05. The molecule has 0 unspecified atom stereocenters. The van der Waals surface area contributed by atoms with Gasteiger partial charge in [-0.2, -0.15) is 0 Å². The predicted molar refractivity (Wildman–Crippen MR) is 63.4 cm³/mol. The molecule has 1 aromatic rings. The number of fused-ring (bicyclic) bond motifs is 1. The lowest BCUT2D eigenvalue weighted by Crippen LogP contribution is -1.99. The van der Waals surface area contributed by atoms with E-state index in [9.17, 15) is 0 Å². The molecule has 0 saturated carbocycles. The fourth-order valence-electron chi connectivity index (χ4n) is 1.37. The molecule has 0 aliphatic heterocycles. The average molecular weight is 189 g/mol. The van der Waals surface area contributed by atoms with E-state index in [-0.39, 0.29) is 0 Å². The third-order valence-corrected chi connectivity index (χ3v) is 1.93. The van der Waals surface area contributed by atoms with Gasteiger partial charge >= 0.3 is 0 Å². The molecule has 0 amide bonds. The first kappa shape index (κ1) is 11.0. The van der Waals surface area contributed by atoms with Crippen LogP contribution in [0, 0.1) is 0 Å². The Morgan fingerprint density at radius 2 is 1.71 bits per heavy atom. The molecule has 76 valence electrons. The minimum Gasteiger partial charge on any atom is -0.312 e. The summed E-state index contributed by atoms with van der Waals surface area (Å²) in [4.78, 5) is 2.00. The topological polar surface area (TPSA) is 3.24 Å². The van der Waals surface area contributed by atoms with Gasteiger partial charge in [0.05, 0.1) is 0 Å². The van der Waals surface area contributed by atoms with Crippen LogP contribution in [0.4, 0.5) is 0 Å². The SMILES string of the molecule is C1=Cc2ccccc2CC1.CN(C)C. The van der Waals surface area contributed by atoms with E-state index < -0.39 is 0 Å². The number of aryl methyl sites for hydroxylation is 1. The van der Waals surface area contributed by atoms with E-state index in [4.69, 9.17) is 0 Å². The second-order valence-corrected chi connectivity index (χ2v) is 3.98. The van der Waals surface area contributed by atoms with Gasteiger partial charge in [0.1, 0.15) is 0 Å². The maximum atomic E-state index is 2.24. The van der Waals surface area contributed by atoms with Crippen molar-refractivity contribution in [3.05, 3.63) is 41.5 Å². The summed E-state index contributed by atoms with van der Waals surface area (Å²) in [6, 6.07) is 8.58. The summed E-state index contributed by atoms with van der Waals surface area (Å²) in [6.07, 6.45) is 6.87. The van der Waals surface area contributed by atoms with Crippen molar-refractivity contribution >= 4 is 6.08 Å². The molecule has 0 radical (unpaired) electrons. The number of nitrogens with zero attached hydrogens (tertiary/aromatic N) is 1. The second-order valence-electron chi connectivity index (χ2n) is 3.98. The number of allylic oxidation sites excluding steroid dienone is 1. The quantitative estimate of drug-likeness (QED) is 0.606. The van der Waals surface area contributed by atoms with Gasteiger partial charge in [0, 0.05) is 0 Å². The van der Waals surface area contributed by atoms with E-state index in [2.05, 4.69) is 36.4 Å². The predicted octanol–water partition coefficient (Wildman–Crippen LogP) is 2.82. The van der Waals surface area contributed by atoms with Crippen LogP contribution >= 0.6 is 0 Å². The summed E-state index contributed by atoms with van der Waals surface area (Å²) in [6.45, 7) is 0. The summed E-state index contributed by atoms with van der Waals surface area (Å²) in [5.74, 6) is 0. The Labute approximate surface area is 87.1 Å². The molecule has 0 saturated heterocycles. The lowest BCUT2D eigenvalue weighted by atomic mass is 9.98. The number of rotatable bonds is 0. The Balaban J connectivity index is 0.000000213. The molecule has 0 bridgehead atoms. The van der Waals surface area contributed by atoms with Crippen LogP contribution in [-0.4, -0.2) is 26.0 Å². The van der Waals surface area contributed by atoms with Crippen molar-refractivity contribution in [3.63, 3.8) is 0 Å². The minimum absolute atomic E-state index is 1.21. The van der Waals surface area contributed by atoms with Gasteiger partial charge < -0.3 is 4.90 Å². The Kier molecular flexibility index (Phi) is 4.41. The van der Waals surface area contributed by atoms with E-state index in [0.29, 0.717) is 0 Å². The molecule has 14 heavy (non-hydrogen) atoms. The van der Waals surface area contributed by atoms with Gasteiger partial charge in [0.15, 0.2) is 0 Å². The van der Waals surface area contributed by atoms with E-state index in [1.807, 2.05) is 26.0 Å². The van der Waals surface area contributed by atoms with Crippen molar-refractivity contribution in [2.75, 3.05) is 21.1 Å². The zero-order valence-electron chi connectivity index (χ0n) is 9.33. The lowest BCUT2D eigenvalue weighted by molar-refractivity contribution is 0.505. The fourth-order valence-corrected chi connectivity index (χ4v) is 1.37. The Morgan fingerprint density at radius 3 is 2.36 bits per heavy atom. The second kappa shape index (κ2) is 5.61. The van der Waals surface area contributed by atoms with Crippen molar-refractivity contribution in [2.45, 2.75) is 12.8 Å². The monoisotopic (exact) mass is 189 g/mol. The van der Waals surface area contributed by atoms with Crippen LogP contribution in [-0.2, 0) is 6.42 Å². The maximum Gasteiger partial charge on any atom is -0.0140 e. The third-order valence-electron chi connectivity index (χ3n) is 1.93. The molecule has 1 heteroatoms. The lowest BCUT2D eigenvalue weighted by Gasteiger charge is -2.07. The molecule has 1 aromatic carbocycles. The van der Waals surface area contributed by atoms with Crippen molar-refractivity contribution in [2.24, 2.45) is 0 Å². The zero-order chi connectivity index (χ0) is 10.4. The Bertz CT molecular complexity index is 297. The van der Waals surface area contributed by atoms with Crippen LogP contribution < -0.4 is 0 Å². The zero-order valence-corrected chi connectivity index (χ0v) is 9.33. The fraction of sp³-hybridized carbons (Fsp3) is 0.385. The third kappa shape index (κ3) is 3.75. The van der Waals surface area contributed by atoms with Crippen LogP contribution in [0.15, 0.2) is 30.3 Å². The van der Waals surface area contributed by atoms with Crippen molar-refractivity contribution in [1.82, 2.24) is 4.90 Å². The van der Waals surface area contributed by atoms with Gasteiger partial charge in [0.2, 0.25) is 0 Å². The summed E-state index contributed by atoms with van der Waals surface area (Å²) >= 11 is 0. The Hall–Kier alpha value is -1.08. The summed E-state index contributed by atoms with van der Waals surface area (Å²) in [5, 5.41) is 0. The highest BCUT2D eigenvalue weighted by atomic mass is 15.0. The molecule has 0 N–H and O–H groups in total. The smallest absolute Gasteiger partial charge is 0.0140 e. The largest absolute Gasteiger partial charge is 0.312 e. The van der Waals surface area contributed by atoms with Gasteiger partial charge in [-0.05, 0) is 45.1 Å². The molecule has 0 fully saturated rings. The highest BCUT2D eigenvalue weighted by Gasteiger charge is 2.00. The van der Waals surface area contributed by atoms with Crippen LogP contribution in [0.5, 0.6) is 0 Å². The molecule has 0 heterocycles.